The number of halogens is 1. The fraction of sp³-hybridized carbons (Fsp3) is 0.467. The molecule has 0 amide bonds. The molecular formula is C15H15FN2O2. The molecular weight excluding hydrogens is 259 g/mol. The summed E-state index contributed by atoms with van der Waals surface area (Å²) >= 11 is 0. The Morgan fingerprint density at radius 2 is 2.05 bits per heavy atom. The Labute approximate surface area is 116 Å². The second kappa shape index (κ2) is 5.31. The second-order valence-electron chi connectivity index (χ2n) is 5.44. The number of Topliss-reactive ketones (excluding diaryl/α,β-unsaturated/α-hetero) is 1. The van der Waals surface area contributed by atoms with Crippen molar-refractivity contribution in [3.05, 3.63) is 35.1 Å². The maximum absolute atomic E-state index is 13.3. The molecule has 0 saturated carbocycles. The Morgan fingerprint density at radius 3 is 2.70 bits per heavy atom. The molecule has 5 heteroatoms. The number of fused-ring (bicyclic) bond motifs is 2. The van der Waals surface area contributed by atoms with Crippen molar-refractivity contribution in [2.24, 2.45) is 5.92 Å². The molecule has 0 radical (unpaired) electrons. The zero-order valence-electron chi connectivity index (χ0n) is 10.9. The lowest BCUT2D eigenvalue weighted by Crippen LogP contribution is -2.55. The van der Waals surface area contributed by atoms with Gasteiger partial charge in [-0.05, 0) is 31.0 Å². The van der Waals surface area contributed by atoms with Crippen LogP contribution in [-0.2, 0) is 4.74 Å². The molecule has 0 aromatic heterocycles. The molecule has 1 aromatic carbocycles. The average molecular weight is 274 g/mol. The summed E-state index contributed by atoms with van der Waals surface area (Å²) in [6.45, 7) is 1.26. The Hall–Kier alpha value is -1.77. The third-order valence-electron chi connectivity index (χ3n) is 3.99. The molecule has 2 heterocycles. The first-order valence-electron chi connectivity index (χ1n) is 6.75. The summed E-state index contributed by atoms with van der Waals surface area (Å²) in [5.74, 6) is -0.660. The summed E-state index contributed by atoms with van der Waals surface area (Å²) < 4.78 is 18.8. The van der Waals surface area contributed by atoms with Crippen molar-refractivity contribution < 1.29 is 13.9 Å². The van der Waals surface area contributed by atoms with Crippen LogP contribution >= 0.6 is 0 Å². The Bertz CT molecular complexity index is 570. The quantitative estimate of drug-likeness (QED) is 0.833. The molecule has 0 spiro atoms. The predicted octanol–water partition coefficient (Wildman–Crippen LogP) is 1.65. The molecule has 2 fully saturated rings. The van der Waals surface area contributed by atoms with E-state index in [1.807, 2.05) is 0 Å². The van der Waals surface area contributed by atoms with Crippen molar-refractivity contribution >= 4 is 5.78 Å². The first kappa shape index (κ1) is 13.2. The predicted molar refractivity (Wildman–Crippen MR) is 69.7 cm³/mol. The Kier molecular flexibility index (Phi) is 3.51. The number of benzene rings is 1. The number of rotatable bonds is 2. The van der Waals surface area contributed by atoms with Gasteiger partial charge in [0.25, 0.3) is 0 Å². The number of hydrogen-bond acceptors (Lipinski definition) is 4. The molecule has 3 rings (SSSR count). The highest BCUT2D eigenvalue weighted by Gasteiger charge is 2.35. The van der Waals surface area contributed by atoms with Crippen LogP contribution in [0.5, 0.6) is 0 Å². The summed E-state index contributed by atoms with van der Waals surface area (Å²) in [6, 6.07) is 6.21. The lowest BCUT2D eigenvalue weighted by molar-refractivity contribution is 0.00953. The Morgan fingerprint density at radius 1 is 1.35 bits per heavy atom. The standard InChI is InChI=1S/C15H15FN2O2/c16-14-2-1-9(3-11(14)6-17)15(19)10-4-12-7-20-8-13(5-10)18-12/h1-3,10,12-13,18H,4-5,7-8H2. The van der Waals surface area contributed by atoms with Gasteiger partial charge in [0.15, 0.2) is 5.78 Å². The summed E-state index contributed by atoms with van der Waals surface area (Å²) in [5, 5.41) is 12.3. The van der Waals surface area contributed by atoms with Crippen LogP contribution in [0.1, 0.15) is 28.8 Å². The highest BCUT2D eigenvalue weighted by Crippen LogP contribution is 2.27. The van der Waals surface area contributed by atoms with E-state index in [-0.39, 0.29) is 29.3 Å². The molecule has 20 heavy (non-hydrogen) atoms. The first-order valence-corrected chi connectivity index (χ1v) is 6.75. The van der Waals surface area contributed by atoms with Crippen molar-refractivity contribution in [3.63, 3.8) is 0 Å². The van der Waals surface area contributed by atoms with Crippen LogP contribution in [0.2, 0.25) is 0 Å². The average Bonchev–Trinajstić information content (AvgIpc) is 2.46. The first-order chi connectivity index (χ1) is 9.67. The van der Waals surface area contributed by atoms with Crippen molar-refractivity contribution in [3.8, 4) is 6.07 Å². The van der Waals surface area contributed by atoms with Gasteiger partial charge >= 0.3 is 0 Å². The smallest absolute Gasteiger partial charge is 0.166 e. The molecule has 2 bridgehead atoms. The molecule has 1 N–H and O–H groups in total. The van der Waals surface area contributed by atoms with Crippen LogP contribution in [0, 0.1) is 23.1 Å². The summed E-state index contributed by atoms with van der Waals surface area (Å²) in [7, 11) is 0. The van der Waals surface area contributed by atoms with E-state index in [0.29, 0.717) is 18.8 Å². The number of hydrogen-bond donors (Lipinski definition) is 1. The fourth-order valence-corrected chi connectivity index (χ4v) is 3.05. The Balaban J connectivity index is 1.80. The number of carbonyl (C=O) groups excluding carboxylic acids is 1. The van der Waals surface area contributed by atoms with Gasteiger partial charge in [0.2, 0.25) is 0 Å². The van der Waals surface area contributed by atoms with Crippen molar-refractivity contribution in [2.75, 3.05) is 13.2 Å². The SMILES string of the molecule is N#Cc1cc(C(=O)C2CC3COCC(C2)N3)ccc1F. The number of nitrogens with zero attached hydrogens (tertiary/aromatic N) is 1. The molecule has 1 aromatic rings. The zero-order valence-corrected chi connectivity index (χ0v) is 10.9. The third-order valence-corrected chi connectivity index (χ3v) is 3.99. The van der Waals surface area contributed by atoms with E-state index in [0.717, 1.165) is 12.8 Å². The summed E-state index contributed by atoms with van der Waals surface area (Å²) in [4.78, 5) is 12.5. The van der Waals surface area contributed by atoms with Gasteiger partial charge in [-0.2, -0.15) is 5.26 Å². The second-order valence-corrected chi connectivity index (χ2v) is 5.44. The molecule has 2 saturated heterocycles. The van der Waals surface area contributed by atoms with E-state index < -0.39 is 5.82 Å². The number of nitrogens with one attached hydrogen (secondary N) is 1. The van der Waals surface area contributed by atoms with Gasteiger partial charge in [-0.25, -0.2) is 4.39 Å². The van der Waals surface area contributed by atoms with E-state index in [2.05, 4.69) is 5.32 Å². The van der Waals surface area contributed by atoms with Crippen LogP contribution in [0.15, 0.2) is 18.2 Å². The van der Waals surface area contributed by atoms with Crippen LogP contribution < -0.4 is 5.32 Å². The van der Waals surface area contributed by atoms with Gasteiger partial charge in [0, 0.05) is 23.6 Å². The van der Waals surface area contributed by atoms with Gasteiger partial charge < -0.3 is 10.1 Å². The molecule has 104 valence electrons. The van der Waals surface area contributed by atoms with Gasteiger partial charge in [0.05, 0.1) is 18.8 Å². The number of piperidine rings is 1. The molecule has 2 aliphatic rings. The number of morpholine rings is 1. The van der Waals surface area contributed by atoms with E-state index in [1.54, 1.807) is 6.07 Å². The summed E-state index contributed by atoms with van der Waals surface area (Å²) in [5.41, 5.74) is 0.349. The van der Waals surface area contributed by atoms with Gasteiger partial charge in [-0.1, -0.05) is 0 Å². The normalized spacial score (nSPS) is 28.7. The minimum absolute atomic E-state index is 0.0000926. The maximum atomic E-state index is 13.3. The number of ketones is 1. The minimum atomic E-state index is -0.584. The third kappa shape index (κ3) is 2.45. The number of ether oxygens (including phenoxy) is 1. The lowest BCUT2D eigenvalue weighted by atomic mass is 9.82. The van der Waals surface area contributed by atoms with Crippen LogP contribution in [0.3, 0.4) is 0 Å². The van der Waals surface area contributed by atoms with Crippen LogP contribution in [0.25, 0.3) is 0 Å². The molecule has 2 unspecified atom stereocenters. The largest absolute Gasteiger partial charge is 0.378 e. The van der Waals surface area contributed by atoms with E-state index in [1.165, 1.54) is 18.2 Å². The molecule has 4 nitrogen and oxygen atoms in total. The fourth-order valence-electron chi connectivity index (χ4n) is 3.05. The minimum Gasteiger partial charge on any atom is -0.378 e. The molecule has 0 aliphatic carbocycles. The summed E-state index contributed by atoms with van der Waals surface area (Å²) in [6.07, 6.45) is 1.46. The highest BCUT2D eigenvalue weighted by atomic mass is 19.1. The number of carbonyl (C=O) groups is 1. The van der Waals surface area contributed by atoms with Gasteiger partial charge in [-0.15, -0.1) is 0 Å². The lowest BCUT2D eigenvalue weighted by Gasteiger charge is -2.39. The van der Waals surface area contributed by atoms with E-state index in [9.17, 15) is 9.18 Å². The maximum Gasteiger partial charge on any atom is 0.166 e. The van der Waals surface area contributed by atoms with Crippen molar-refractivity contribution in [2.45, 2.75) is 24.9 Å². The number of nitriles is 1. The zero-order chi connectivity index (χ0) is 14.1. The molecule has 2 atom stereocenters. The van der Waals surface area contributed by atoms with E-state index in [4.69, 9.17) is 10.00 Å². The van der Waals surface area contributed by atoms with Gasteiger partial charge in [-0.3, -0.25) is 4.79 Å². The molecule has 2 aliphatic heterocycles. The van der Waals surface area contributed by atoms with Gasteiger partial charge in [0.1, 0.15) is 11.9 Å². The van der Waals surface area contributed by atoms with Crippen LogP contribution in [0.4, 0.5) is 4.39 Å². The topological polar surface area (TPSA) is 62.1 Å². The highest BCUT2D eigenvalue weighted by molar-refractivity contribution is 5.98. The van der Waals surface area contributed by atoms with Crippen molar-refractivity contribution in [1.29, 1.82) is 5.26 Å². The monoisotopic (exact) mass is 274 g/mol. The van der Waals surface area contributed by atoms with Crippen LogP contribution in [-0.4, -0.2) is 31.1 Å². The van der Waals surface area contributed by atoms with E-state index >= 15 is 0 Å². The van der Waals surface area contributed by atoms with Crippen molar-refractivity contribution in [1.82, 2.24) is 5.32 Å².